The fraction of sp³-hybridized carbons (Fsp3) is 0.250. The quantitative estimate of drug-likeness (QED) is 0.868. The molecule has 5 nitrogen and oxygen atoms in total. The van der Waals surface area contributed by atoms with Crippen molar-refractivity contribution in [1.82, 2.24) is 9.74 Å². The van der Waals surface area contributed by atoms with E-state index in [4.69, 9.17) is 11.8 Å². The van der Waals surface area contributed by atoms with Crippen molar-refractivity contribution in [2.45, 2.75) is 6.42 Å². The summed E-state index contributed by atoms with van der Waals surface area (Å²) in [6, 6.07) is 9.40. The van der Waals surface area contributed by atoms with E-state index in [2.05, 4.69) is 5.32 Å². The van der Waals surface area contributed by atoms with Crippen LogP contribution in [0.15, 0.2) is 54.4 Å². The number of hydrogen-bond acceptors (Lipinski definition) is 3. The number of benzene rings is 1. The molecule has 1 aromatic carbocycles. The third-order valence-corrected chi connectivity index (χ3v) is 3.95. The van der Waals surface area contributed by atoms with Crippen LogP contribution in [-0.2, 0) is 9.59 Å². The lowest BCUT2D eigenvalue weighted by Crippen LogP contribution is -2.35. The number of halogens is 1. The molecule has 2 heterocycles. The van der Waals surface area contributed by atoms with Crippen molar-refractivity contribution in [1.29, 1.82) is 0 Å². The largest absolute Gasteiger partial charge is 0.328 e. The zero-order valence-corrected chi connectivity index (χ0v) is 12.7. The molecule has 114 valence electrons. The molecular weight excluding hydrogens is 302 g/mol. The molecule has 0 saturated carbocycles. The Hall–Kier alpha value is -2.27. The second-order valence-electron chi connectivity index (χ2n) is 5.32. The summed E-state index contributed by atoms with van der Waals surface area (Å²) in [7, 11) is 0. The minimum Gasteiger partial charge on any atom is -0.328 e. The Kier molecular flexibility index (Phi) is 4.15. The van der Waals surface area contributed by atoms with E-state index < -0.39 is 0 Å². The average molecular weight is 318 g/mol. The molecule has 1 unspecified atom stereocenters. The van der Waals surface area contributed by atoms with E-state index in [0.717, 1.165) is 11.4 Å². The predicted molar refractivity (Wildman–Crippen MR) is 84.8 cm³/mol. The molecule has 0 aliphatic carbocycles. The second-order valence-corrected chi connectivity index (χ2v) is 5.76. The maximum atomic E-state index is 12.3. The number of carbonyl (C=O) groups excluding carboxylic acids is 2. The summed E-state index contributed by atoms with van der Waals surface area (Å²) in [5, 5.41) is 2.85. The van der Waals surface area contributed by atoms with E-state index in [9.17, 15) is 9.59 Å². The Labute approximate surface area is 133 Å². The SMILES string of the molecule is O=C(NC1=CC=CN(Cl)C1)C1CC(=O)N(c2ccccc2)C1. The number of anilines is 1. The number of rotatable bonds is 3. The van der Waals surface area contributed by atoms with Crippen LogP contribution in [0.25, 0.3) is 0 Å². The van der Waals surface area contributed by atoms with Crippen LogP contribution >= 0.6 is 11.8 Å². The number of nitrogens with one attached hydrogen (secondary N) is 1. The standard InChI is InChI=1S/C16H16ClN3O2/c17-19-8-4-5-13(11-19)18-16(22)12-9-15(21)20(10-12)14-6-2-1-3-7-14/h1-8,12H,9-11H2,(H,18,22). The van der Waals surface area contributed by atoms with E-state index in [-0.39, 0.29) is 24.2 Å². The summed E-state index contributed by atoms with van der Waals surface area (Å²) in [6.45, 7) is 0.843. The highest BCUT2D eigenvalue weighted by Gasteiger charge is 2.35. The average Bonchev–Trinajstić information content (AvgIpc) is 2.90. The molecule has 6 heteroatoms. The first-order chi connectivity index (χ1) is 10.6. The maximum absolute atomic E-state index is 12.3. The van der Waals surface area contributed by atoms with Crippen molar-refractivity contribution in [2.75, 3.05) is 18.0 Å². The van der Waals surface area contributed by atoms with Gasteiger partial charge < -0.3 is 10.2 Å². The molecule has 22 heavy (non-hydrogen) atoms. The number of allylic oxidation sites excluding steroid dienone is 2. The van der Waals surface area contributed by atoms with Gasteiger partial charge in [-0.15, -0.1) is 0 Å². The number of hydrogen-bond donors (Lipinski definition) is 1. The van der Waals surface area contributed by atoms with Gasteiger partial charge in [0.15, 0.2) is 0 Å². The zero-order chi connectivity index (χ0) is 15.5. The number of amides is 2. The summed E-state index contributed by atoms with van der Waals surface area (Å²) in [5.41, 5.74) is 1.56. The number of carbonyl (C=O) groups is 2. The molecule has 0 radical (unpaired) electrons. The van der Waals surface area contributed by atoms with E-state index in [1.807, 2.05) is 36.4 Å². The molecule has 0 spiro atoms. The number of para-hydroxylation sites is 1. The van der Waals surface area contributed by atoms with Crippen LogP contribution in [0.2, 0.25) is 0 Å². The molecule has 1 aromatic rings. The molecule has 2 amide bonds. The van der Waals surface area contributed by atoms with Crippen LogP contribution in [0.3, 0.4) is 0 Å². The van der Waals surface area contributed by atoms with Gasteiger partial charge in [-0.2, -0.15) is 0 Å². The molecule has 3 rings (SSSR count). The van der Waals surface area contributed by atoms with E-state index >= 15 is 0 Å². The topological polar surface area (TPSA) is 52.7 Å². The van der Waals surface area contributed by atoms with Gasteiger partial charge >= 0.3 is 0 Å². The van der Waals surface area contributed by atoms with E-state index in [1.54, 1.807) is 17.2 Å². The van der Waals surface area contributed by atoms with Crippen molar-refractivity contribution in [3.8, 4) is 0 Å². The molecule has 1 N–H and O–H groups in total. The summed E-state index contributed by atoms with van der Waals surface area (Å²) < 4.78 is 1.46. The molecular formula is C16H16ClN3O2. The highest BCUT2D eigenvalue weighted by Crippen LogP contribution is 2.25. The fourth-order valence-electron chi connectivity index (χ4n) is 2.60. The van der Waals surface area contributed by atoms with Gasteiger partial charge in [0.05, 0.1) is 12.5 Å². The van der Waals surface area contributed by atoms with Crippen molar-refractivity contribution in [3.05, 3.63) is 54.4 Å². The fourth-order valence-corrected chi connectivity index (χ4v) is 2.80. The first-order valence-corrected chi connectivity index (χ1v) is 7.43. The Bertz CT molecular complexity index is 642. The maximum Gasteiger partial charge on any atom is 0.229 e. The van der Waals surface area contributed by atoms with Crippen LogP contribution < -0.4 is 10.2 Å². The Morgan fingerprint density at radius 2 is 2.05 bits per heavy atom. The molecule has 1 saturated heterocycles. The van der Waals surface area contributed by atoms with Gasteiger partial charge in [0.2, 0.25) is 11.8 Å². The third-order valence-electron chi connectivity index (χ3n) is 3.71. The van der Waals surface area contributed by atoms with Crippen molar-refractivity contribution >= 4 is 29.3 Å². The first kappa shape index (κ1) is 14.7. The molecule has 1 atom stereocenters. The lowest BCUT2D eigenvalue weighted by atomic mass is 10.1. The van der Waals surface area contributed by atoms with Gasteiger partial charge in [0.25, 0.3) is 0 Å². The summed E-state index contributed by atoms with van der Waals surface area (Å²) in [5.74, 6) is -0.510. The third kappa shape index (κ3) is 3.14. The minimum absolute atomic E-state index is 0.0251. The highest BCUT2D eigenvalue weighted by atomic mass is 35.5. The van der Waals surface area contributed by atoms with Crippen LogP contribution in [0.4, 0.5) is 5.69 Å². The summed E-state index contributed by atoms with van der Waals surface area (Å²) in [4.78, 5) is 26.1. The van der Waals surface area contributed by atoms with Crippen LogP contribution in [-0.4, -0.2) is 29.3 Å². The highest BCUT2D eigenvalue weighted by molar-refractivity contribution is 6.14. The normalized spacial score (nSPS) is 21.0. The molecule has 0 aromatic heterocycles. The van der Waals surface area contributed by atoms with Crippen LogP contribution in [0.1, 0.15) is 6.42 Å². The Morgan fingerprint density at radius 3 is 2.77 bits per heavy atom. The first-order valence-electron chi connectivity index (χ1n) is 7.09. The van der Waals surface area contributed by atoms with Crippen molar-refractivity contribution in [2.24, 2.45) is 5.92 Å². The molecule has 2 aliphatic heterocycles. The summed E-state index contributed by atoms with van der Waals surface area (Å²) >= 11 is 5.87. The van der Waals surface area contributed by atoms with Gasteiger partial charge in [-0.1, -0.05) is 18.2 Å². The Morgan fingerprint density at radius 1 is 1.27 bits per heavy atom. The lowest BCUT2D eigenvalue weighted by Gasteiger charge is -2.20. The van der Waals surface area contributed by atoms with Crippen molar-refractivity contribution < 1.29 is 9.59 Å². The van der Waals surface area contributed by atoms with Crippen LogP contribution in [0, 0.1) is 5.92 Å². The minimum atomic E-state index is -0.344. The van der Waals surface area contributed by atoms with Gasteiger partial charge in [-0.3, -0.25) is 14.0 Å². The van der Waals surface area contributed by atoms with Gasteiger partial charge in [-0.05, 0) is 24.3 Å². The van der Waals surface area contributed by atoms with Crippen LogP contribution in [0.5, 0.6) is 0 Å². The lowest BCUT2D eigenvalue weighted by molar-refractivity contribution is -0.125. The second kappa shape index (κ2) is 6.23. The molecule has 0 bridgehead atoms. The Balaban J connectivity index is 1.64. The number of nitrogens with zero attached hydrogens (tertiary/aromatic N) is 2. The van der Waals surface area contributed by atoms with Crippen molar-refractivity contribution in [3.63, 3.8) is 0 Å². The van der Waals surface area contributed by atoms with E-state index in [0.29, 0.717) is 13.1 Å². The van der Waals surface area contributed by atoms with Gasteiger partial charge in [0, 0.05) is 42.3 Å². The molecule has 2 aliphatic rings. The smallest absolute Gasteiger partial charge is 0.229 e. The molecule has 1 fully saturated rings. The van der Waals surface area contributed by atoms with Gasteiger partial charge in [0.1, 0.15) is 0 Å². The van der Waals surface area contributed by atoms with Gasteiger partial charge in [-0.25, -0.2) is 0 Å². The predicted octanol–water partition coefficient (Wildman–Crippen LogP) is 2.02. The summed E-state index contributed by atoms with van der Waals surface area (Å²) in [6.07, 6.45) is 5.52. The zero-order valence-electron chi connectivity index (χ0n) is 11.9. The monoisotopic (exact) mass is 317 g/mol. The van der Waals surface area contributed by atoms with E-state index in [1.165, 1.54) is 4.42 Å².